The van der Waals surface area contributed by atoms with Crippen LogP contribution in [0.1, 0.15) is 146 Å². The summed E-state index contributed by atoms with van der Waals surface area (Å²) < 4.78 is 4.98. The molecular formula is C61H127N10O+5. The Balaban J connectivity index is -0.000000372. The Kier molecular flexibility index (Phi) is 47.9. The number of hydrogen-bond acceptors (Lipinski definition) is 6. The van der Waals surface area contributed by atoms with E-state index in [2.05, 4.69) is 110 Å². The SMILES string of the molecule is C.C.C.C.C.C.C.CN1CCOC1.CN1CC[NH+](C)CC1.C[NH+](C)c1ccncc1.C[NH+]1CC2CCC(CC2)C1.C[NH+]1CCCC1c1cccnc1.C[NH+]1CCCCCC1.c1ccc(CN2CCCC2)cc1. The zero-order chi connectivity index (χ0) is 46.5. The topological polar surface area (TPSA) is 66.9 Å². The summed E-state index contributed by atoms with van der Waals surface area (Å²) in [6.45, 7) is 18.7. The maximum Gasteiger partial charge on any atom is 0.133 e. The van der Waals surface area contributed by atoms with Gasteiger partial charge in [0.2, 0.25) is 0 Å². The largest absolute Gasteiger partial charge is 0.365 e. The van der Waals surface area contributed by atoms with Crippen LogP contribution in [0.25, 0.3) is 0 Å². The van der Waals surface area contributed by atoms with Gasteiger partial charge in [0.1, 0.15) is 11.7 Å². The van der Waals surface area contributed by atoms with Crippen molar-refractivity contribution in [1.29, 1.82) is 0 Å². The van der Waals surface area contributed by atoms with Crippen molar-refractivity contribution in [3.63, 3.8) is 0 Å². The number of pyridine rings is 2. The Bertz CT molecular complexity index is 1510. The maximum absolute atomic E-state index is 4.98. The summed E-state index contributed by atoms with van der Waals surface area (Å²) in [7, 11) is 17.6. The van der Waals surface area contributed by atoms with E-state index in [0.29, 0.717) is 6.04 Å². The highest BCUT2D eigenvalue weighted by Crippen LogP contribution is 2.28. The number of fused-ring (bicyclic) bond motifs is 4. The molecule has 11 nitrogen and oxygen atoms in total. The van der Waals surface area contributed by atoms with E-state index in [1.807, 2.05) is 50.0 Å². The van der Waals surface area contributed by atoms with Crippen molar-refractivity contribution in [2.45, 2.75) is 142 Å². The molecule has 0 radical (unpaired) electrons. The third-order valence-electron chi connectivity index (χ3n) is 14.4. The highest BCUT2D eigenvalue weighted by atomic mass is 16.5. The van der Waals surface area contributed by atoms with E-state index in [9.17, 15) is 0 Å². The molecule has 9 heterocycles. The lowest BCUT2D eigenvalue weighted by molar-refractivity contribution is -0.898. The molecule has 8 aliphatic rings. The van der Waals surface area contributed by atoms with Crippen molar-refractivity contribution in [2.24, 2.45) is 11.8 Å². The van der Waals surface area contributed by atoms with Gasteiger partial charge >= 0.3 is 0 Å². The van der Waals surface area contributed by atoms with Crippen LogP contribution in [0.4, 0.5) is 5.69 Å². The second-order valence-corrected chi connectivity index (χ2v) is 20.8. The van der Waals surface area contributed by atoms with E-state index in [-0.39, 0.29) is 52.0 Å². The Morgan fingerprint density at radius 1 is 0.542 bits per heavy atom. The number of ether oxygens (including phenoxy) is 1. The molecule has 7 saturated heterocycles. The number of aromatic nitrogens is 2. The minimum absolute atomic E-state index is 0. The Morgan fingerprint density at radius 2 is 1.10 bits per heavy atom. The Labute approximate surface area is 450 Å². The van der Waals surface area contributed by atoms with E-state index in [4.69, 9.17) is 4.74 Å². The quantitative estimate of drug-likeness (QED) is 0.229. The summed E-state index contributed by atoms with van der Waals surface area (Å²) in [4.78, 5) is 23.2. The third-order valence-corrected chi connectivity index (χ3v) is 14.4. The lowest BCUT2D eigenvalue weighted by Crippen LogP contribution is -3.11. The molecule has 1 aromatic carbocycles. The lowest BCUT2D eigenvalue weighted by Gasteiger charge is -2.26. The van der Waals surface area contributed by atoms with Gasteiger partial charge in [-0.3, -0.25) is 24.7 Å². The molecule has 422 valence electrons. The maximum atomic E-state index is 4.98. The van der Waals surface area contributed by atoms with Crippen molar-refractivity contribution in [3.8, 4) is 0 Å². The highest BCUT2D eigenvalue weighted by molar-refractivity contribution is 5.24. The smallest absolute Gasteiger partial charge is 0.133 e. The Morgan fingerprint density at radius 3 is 1.51 bits per heavy atom. The number of piperazine rings is 1. The predicted octanol–water partition coefficient (Wildman–Crippen LogP) is 5.77. The number of quaternary nitrogens is 5. The van der Waals surface area contributed by atoms with Gasteiger partial charge in [-0.25, -0.2) is 0 Å². The predicted molar refractivity (Wildman–Crippen MR) is 317 cm³/mol. The van der Waals surface area contributed by atoms with E-state index >= 15 is 0 Å². The summed E-state index contributed by atoms with van der Waals surface area (Å²) in [5.74, 6) is 2.16. The molecule has 11 heteroatoms. The fourth-order valence-electron chi connectivity index (χ4n) is 10.1. The molecule has 1 aliphatic carbocycles. The first-order valence-corrected chi connectivity index (χ1v) is 26.1. The number of nitrogens with one attached hydrogen (secondary N) is 5. The first-order valence-electron chi connectivity index (χ1n) is 26.1. The second kappa shape index (κ2) is 45.5. The molecule has 7 aliphatic heterocycles. The van der Waals surface area contributed by atoms with Crippen LogP contribution in [0.15, 0.2) is 79.4 Å². The van der Waals surface area contributed by atoms with E-state index < -0.39 is 0 Å². The molecule has 1 saturated carbocycles. The third kappa shape index (κ3) is 33.2. The van der Waals surface area contributed by atoms with Gasteiger partial charge in [0, 0.05) is 93.3 Å². The molecule has 5 N–H and O–H groups in total. The van der Waals surface area contributed by atoms with Gasteiger partial charge in [0.25, 0.3) is 0 Å². The lowest BCUT2D eigenvalue weighted by atomic mass is 9.84. The fraction of sp³-hybridized carbons (Fsp3) is 0.738. The molecule has 2 unspecified atom stereocenters. The van der Waals surface area contributed by atoms with Gasteiger partial charge < -0.3 is 29.2 Å². The molecule has 2 aromatic heterocycles. The number of likely N-dealkylation sites (N-methyl/N-ethyl adjacent to an activating group) is 3. The summed E-state index contributed by atoms with van der Waals surface area (Å²) in [5.41, 5.74) is 4.11. The standard InChI is InChI=1S/C11H15N.C10H14N2.C9H17N.C7H10N2.C7H15N.C6H14N2.C4H9NO.7CH4/c1-2-6-11(7-3-1)10-12-8-4-5-9-12;1-12-7-3-5-10(12)9-4-2-6-11-8-9;1-10-6-8-2-3-9(7-10)5-4-8;1-9(2)7-3-5-8-6-4-7;1-8-6-4-2-3-5-7-8;1-7-3-5-8(2)6-4-7;1-5-2-3-6-4-5;;;;;;;/h1-3,6-7H,4-5,8-10H2;2,4,6,8,10H,3,5,7H2,1H3;8-9H,2-7H2,1H3;3-6H,1-2H3;2-7H2,1H3;3-6H2,1-2H3;2-4H2,1H3;7*1H4/p+5. The summed E-state index contributed by atoms with van der Waals surface area (Å²) in [6.07, 6.45) is 24.8. The zero-order valence-corrected chi connectivity index (χ0v) is 43.0. The number of likely N-dealkylation sites (tertiary alicyclic amines) is 3. The van der Waals surface area contributed by atoms with Crippen molar-refractivity contribution >= 4 is 5.69 Å². The van der Waals surface area contributed by atoms with Crippen LogP contribution in [0.3, 0.4) is 0 Å². The van der Waals surface area contributed by atoms with E-state index in [1.165, 1.54) is 171 Å². The number of hydrogen-bond donors (Lipinski definition) is 5. The fourth-order valence-corrected chi connectivity index (χ4v) is 10.1. The average molecular weight is 1020 g/mol. The van der Waals surface area contributed by atoms with Gasteiger partial charge in [0.05, 0.1) is 101 Å². The molecule has 2 atom stereocenters. The molecule has 0 amide bonds. The van der Waals surface area contributed by atoms with Gasteiger partial charge in [0.15, 0.2) is 0 Å². The van der Waals surface area contributed by atoms with Gasteiger partial charge in [-0.05, 0) is 103 Å². The first-order chi connectivity index (χ1) is 31.5. The van der Waals surface area contributed by atoms with Crippen LogP contribution in [-0.4, -0.2) is 173 Å². The number of rotatable bonds is 4. The van der Waals surface area contributed by atoms with Crippen LogP contribution in [0.2, 0.25) is 0 Å². The summed E-state index contributed by atoms with van der Waals surface area (Å²) >= 11 is 0. The molecule has 2 bridgehead atoms. The van der Waals surface area contributed by atoms with Crippen molar-refractivity contribution in [3.05, 3.63) is 90.5 Å². The number of benzene rings is 1. The second-order valence-electron chi connectivity index (χ2n) is 20.8. The first kappa shape index (κ1) is 75.7. The van der Waals surface area contributed by atoms with Crippen LogP contribution in [0, 0.1) is 11.8 Å². The van der Waals surface area contributed by atoms with E-state index in [0.717, 1.165) is 38.3 Å². The molecule has 3 aromatic rings. The van der Waals surface area contributed by atoms with Crippen molar-refractivity contribution < 1.29 is 29.2 Å². The van der Waals surface area contributed by atoms with Crippen LogP contribution >= 0.6 is 0 Å². The highest BCUT2D eigenvalue weighted by Gasteiger charge is 2.30. The van der Waals surface area contributed by atoms with Gasteiger partial charge in [-0.1, -0.05) is 88.4 Å². The zero-order valence-electron chi connectivity index (χ0n) is 43.0. The molecular weight excluding hydrogens is 889 g/mol. The van der Waals surface area contributed by atoms with Gasteiger partial charge in [-0.15, -0.1) is 0 Å². The average Bonchev–Trinajstić information content (AvgIpc) is 4.04. The van der Waals surface area contributed by atoms with Crippen LogP contribution < -0.4 is 24.5 Å². The van der Waals surface area contributed by atoms with E-state index in [1.54, 1.807) is 19.6 Å². The van der Waals surface area contributed by atoms with Crippen molar-refractivity contribution in [2.75, 3.05) is 148 Å². The summed E-state index contributed by atoms with van der Waals surface area (Å²) in [6, 6.07) is 19.7. The monoisotopic (exact) mass is 1020 g/mol. The molecule has 0 spiro atoms. The molecule has 72 heavy (non-hydrogen) atoms. The van der Waals surface area contributed by atoms with Crippen LogP contribution in [-0.2, 0) is 11.3 Å². The molecule has 8 fully saturated rings. The van der Waals surface area contributed by atoms with Gasteiger partial charge in [-0.2, -0.15) is 0 Å². The Hall–Kier alpha value is -2.84. The minimum atomic E-state index is 0. The minimum Gasteiger partial charge on any atom is -0.365 e. The number of nitrogens with zero attached hydrogens (tertiary/aromatic N) is 5. The normalized spacial score (nSPS) is 23.5. The van der Waals surface area contributed by atoms with Crippen molar-refractivity contribution in [1.82, 2.24) is 24.7 Å². The summed E-state index contributed by atoms with van der Waals surface area (Å²) in [5, 5.41) is 0. The molecule has 11 rings (SSSR count). The van der Waals surface area contributed by atoms with Crippen LogP contribution in [0.5, 0.6) is 0 Å².